The molecule has 1 aliphatic heterocycles. The molecule has 0 unspecified atom stereocenters. The fraction of sp³-hybridized carbons (Fsp3) is 0.375. The number of carbonyl (C=O) groups excluding carboxylic acids is 1. The van der Waals surface area contributed by atoms with Crippen molar-refractivity contribution in [3.05, 3.63) is 46.4 Å². The normalized spacial score (nSPS) is 18.0. The van der Waals surface area contributed by atoms with E-state index in [9.17, 15) is 13.2 Å². The summed E-state index contributed by atoms with van der Waals surface area (Å²) in [5.74, 6) is -0.187. The molecular weight excluding hydrogens is 360 g/mol. The lowest BCUT2D eigenvalue weighted by molar-refractivity contribution is 0.0790. The number of amides is 1. The van der Waals surface area contributed by atoms with Gasteiger partial charge in [0, 0.05) is 43.3 Å². The summed E-state index contributed by atoms with van der Waals surface area (Å²) in [6.45, 7) is 1.29. The molecule has 1 aliphatic rings. The van der Waals surface area contributed by atoms with Crippen molar-refractivity contribution >= 4 is 27.3 Å². The van der Waals surface area contributed by atoms with Crippen LogP contribution in [0.5, 0.6) is 0 Å². The van der Waals surface area contributed by atoms with Gasteiger partial charge < -0.3 is 10.6 Å². The maximum atomic E-state index is 12.8. The summed E-state index contributed by atoms with van der Waals surface area (Å²) in [5, 5.41) is 2.51. The first kappa shape index (κ1) is 18.0. The summed E-state index contributed by atoms with van der Waals surface area (Å²) in [4.78, 5) is 18.4. The Bertz CT molecular complexity index is 852. The van der Waals surface area contributed by atoms with E-state index in [1.165, 1.54) is 34.8 Å². The molecule has 0 saturated carbocycles. The van der Waals surface area contributed by atoms with Crippen molar-refractivity contribution < 1.29 is 13.2 Å². The Morgan fingerprint density at radius 1 is 1.48 bits per heavy atom. The van der Waals surface area contributed by atoms with Crippen molar-refractivity contribution in [2.24, 2.45) is 5.73 Å². The number of nitrogens with two attached hydrogens (primary N) is 1. The van der Waals surface area contributed by atoms with Crippen molar-refractivity contribution in [2.45, 2.75) is 23.9 Å². The Kier molecular flexibility index (Phi) is 5.19. The lowest BCUT2D eigenvalue weighted by Gasteiger charge is -2.18. The number of thiazole rings is 1. The van der Waals surface area contributed by atoms with E-state index >= 15 is 0 Å². The first-order chi connectivity index (χ1) is 11.9. The zero-order chi connectivity index (χ0) is 18.0. The van der Waals surface area contributed by atoms with Gasteiger partial charge in [0.2, 0.25) is 10.0 Å². The average molecular weight is 380 g/mol. The summed E-state index contributed by atoms with van der Waals surface area (Å²) >= 11 is 1.40. The van der Waals surface area contributed by atoms with Crippen LogP contribution in [-0.4, -0.2) is 54.7 Å². The monoisotopic (exact) mass is 380 g/mol. The molecule has 0 spiro atoms. The smallest absolute Gasteiger partial charge is 0.253 e. The van der Waals surface area contributed by atoms with Gasteiger partial charge in [-0.25, -0.2) is 13.4 Å². The van der Waals surface area contributed by atoms with Crippen LogP contribution in [0.3, 0.4) is 0 Å². The summed E-state index contributed by atoms with van der Waals surface area (Å²) in [5.41, 5.74) is 6.20. The largest absolute Gasteiger partial charge is 0.337 e. The first-order valence-corrected chi connectivity index (χ1v) is 10.2. The standard InChI is InChI=1S/C16H20N4O3S2/c1-19(11-15-18-6-8-24-15)25(22,23)14-4-2-3-12(9-14)16(21)20-7-5-13(17)10-20/h2-4,6,8-9,13H,5,7,10-11,17H2,1H3/t13-/m0/s1. The van der Waals surface area contributed by atoms with Crippen LogP contribution in [0, 0.1) is 0 Å². The molecule has 0 aliphatic carbocycles. The third-order valence-corrected chi connectivity index (χ3v) is 6.71. The minimum absolute atomic E-state index is 0.0136. The molecular formula is C16H20N4O3S2. The highest BCUT2D eigenvalue weighted by Crippen LogP contribution is 2.20. The second kappa shape index (κ2) is 7.20. The molecule has 25 heavy (non-hydrogen) atoms. The Labute approximate surface area is 151 Å². The number of hydrogen-bond donors (Lipinski definition) is 1. The van der Waals surface area contributed by atoms with Crippen molar-refractivity contribution in [2.75, 3.05) is 20.1 Å². The second-order valence-electron chi connectivity index (χ2n) is 6.01. The maximum absolute atomic E-state index is 12.8. The highest BCUT2D eigenvalue weighted by Gasteiger charge is 2.27. The van der Waals surface area contributed by atoms with Gasteiger partial charge in [-0.3, -0.25) is 4.79 Å². The van der Waals surface area contributed by atoms with Gasteiger partial charge >= 0.3 is 0 Å². The van der Waals surface area contributed by atoms with Crippen LogP contribution in [-0.2, 0) is 16.6 Å². The van der Waals surface area contributed by atoms with Gasteiger partial charge in [0.05, 0.1) is 11.4 Å². The Morgan fingerprint density at radius 2 is 2.28 bits per heavy atom. The SMILES string of the molecule is CN(Cc1nccs1)S(=O)(=O)c1cccc(C(=O)N2CC[C@H](N)C2)c1. The van der Waals surface area contributed by atoms with Gasteiger partial charge in [0.25, 0.3) is 5.91 Å². The lowest BCUT2D eigenvalue weighted by Crippen LogP contribution is -2.32. The van der Waals surface area contributed by atoms with Gasteiger partial charge in [-0.1, -0.05) is 6.07 Å². The van der Waals surface area contributed by atoms with E-state index < -0.39 is 10.0 Å². The summed E-state index contributed by atoms with van der Waals surface area (Å²) < 4.78 is 26.8. The summed E-state index contributed by atoms with van der Waals surface area (Å²) in [6, 6.07) is 6.14. The third-order valence-electron chi connectivity index (χ3n) is 4.14. The van der Waals surface area contributed by atoms with Crippen molar-refractivity contribution in [1.82, 2.24) is 14.2 Å². The predicted molar refractivity (Wildman–Crippen MR) is 95.7 cm³/mol. The molecule has 1 amide bonds. The van der Waals surface area contributed by atoms with E-state index in [4.69, 9.17) is 5.73 Å². The number of sulfonamides is 1. The summed E-state index contributed by atoms with van der Waals surface area (Å²) in [7, 11) is -2.20. The lowest BCUT2D eigenvalue weighted by atomic mass is 10.2. The van der Waals surface area contributed by atoms with Gasteiger partial charge in [-0.2, -0.15) is 4.31 Å². The zero-order valence-electron chi connectivity index (χ0n) is 13.8. The summed E-state index contributed by atoms with van der Waals surface area (Å²) in [6.07, 6.45) is 2.40. The minimum atomic E-state index is -3.70. The molecule has 9 heteroatoms. The van der Waals surface area contributed by atoms with E-state index in [2.05, 4.69) is 4.98 Å². The van der Waals surface area contributed by atoms with Crippen LogP contribution >= 0.6 is 11.3 Å². The molecule has 1 fully saturated rings. The minimum Gasteiger partial charge on any atom is -0.337 e. The number of benzene rings is 1. The van der Waals surface area contributed by atoms with Crippen molar-refractivity contribution in [1.29, 1.82) is 0 Å². The van der Waals surface area contributed by atoms with E-state index in [1.54, 1.807) is 28.6 Å². The van der Waals surface area contributed by atoms with E-state index in [0.29, 0.717) is 23.7 Å². The van der Waals surface area contributed by atoms with Gasteiger partial charge in [-0.15, -0.1) is 11.3 Å². The number of aromatic nitrogens is 1. The van der Waals surface area contributed by atoms with Crippen LogP contribution in [0.4, 0.5) is 0 Å². The van der Waals surface area contributed by atoms with Crippen LogP contribution in [0.1, 0.15) is 21.8 Å². The molecule has 1 aromatic heterocycles. The number of carbonyl (C=O) groups is 1. The molecule has 3 rings (SSSR count). The molecule has 1 saturated heterocycles. The molecule has 0 radical (unpaired) electrons. The quantitative estimate of drug-likeness (QED) is 0.839. The molecule has 2 aromatic rings. The number of rotatable bonds is 5. The average Bonchev–Trinajstić information content (AvgIpc) is 3.26. The highest BCUT2D eigenvalue weighted by atomic mass is 32.2. The van der Waals surface area contributed by atoms with Gasteiger partial charge in [0.1, 0.15) is 5.01 Å². The van der Waals surface area contributed by atoms with Gasteiger partial charge in [0.15, 0.2) is 0 Å². The number of hydrogen-bond acceptors (Lipinski definition) is 6. The van der Waals surface area contributed by atoms with E-state index in [0.717, 1.165) is 6.42 Å². The van der Waals surface area contributed by atoms with E-state index in [1.807, 2.05) is 0 Å². The van der Waals surface area contributed by atoms with Crippen LogP contribution in [0.2, 0.25) is 0 Å². The van der Waals surface area contributed by atoms with Crippen LogP contribution < -0.4 is 5.73 Å². The molecule has 1 aromatic carbocycles. The zero-order valence-corrected chi connectivity index (χ0v) is 15.5. The molecule has 2 heterocycles. The highest BCUT2D eigenvalue weighted by molar-refractivity contribution is 7.89. The van der Waals surface area contributed by atoms with Crippen LogP contribution in [0.25, 0.3) is 0 Å². The fourth-order valence-electron chi connectivity index (χ4n) is 2.73. The number of likely N-dealkylation sites (tertiary alicyclic amines) is 1. The van der Waals surface area contributed by atoms with E-state index in [-0.39, 0.29) is 23.4 Å². The fourth-order valence-corrected chi connectivity index (χ4v) is 4.66. The van der Waals surface area contributed by atoms with Crippen LogP contribution in [0.15, 0.2) is 40.7 Å². The van der Waals surface area contributed by atoms with Crippen molar-refractivity contribution in [3.63, 3.8) is 0 Å². The van der Waals surface area contributed by atoms with Crippen molar-refractivity contribution in [3.8, 4) is 0 Å². The first-order valence-electron chi connectivity index (χ1n) is 7.87. The molecule has 7 nitrogen and oxygen atoms in total. The Hall–Kier alpha value is -1.81. The molecule has 134 valence electrons. The third kappa shape index (κ3) is 3.90. The Balaban J connectivity index is 1.81. The molecule has 2 N–H and O–H groups in total. The van der Waals surface area contributed by atoms with Gasteiger partial charge in [-0.05, 0) is 24.6 Å². The topological polar surface area (TPSA) is 96.6 Å². The maximum Gasteiger partial charge on any atom is 0.253 e. The number of nitrogens with zero attached hydrogens (tertiary/aromatic N) is 3. The predicted octanol–water partition coefficient (Wildman–Crippen LogP) is 1.14. The Morgan fingerprint density at radius 3 is 2.92 bits per heavy atom. The molecule has 1 atom stereocenters. The molecule has 0 bridgehead atoms. The second-order valence-corrected chi connectivity index (χ2v) is 9.04.